The van der Waals surface area contributed by atoms with Crippen molar-refractivity contribution in [2.45, 2.75) is 45.3 Å². The summed E-state index contributed by atoms with van der Waals surface area (Å²) in [6, 6.07) is 12.7. The first-order chi connectivity index (χ1) is 16.1. The molecule has 34 heavy (non-hydrogen) atoms. The Hall–Kier alpha value is -2.90. The summed E-state index contributed by atoms with van der Waals surface area (Å²) in [4.78, 5) is 38.8. The number of quaternary nitrogens is 1. The fourth-order valence-corrected chi connectivity index (χ4v) is 4.66. The van der Waals surface area contributed by atoms with Gasteiger partial charge < -0.3 is 19.3 Å². The maximum absolute atomic E-state index is 13.6. The Morgan fingerprint density at radius 2 is 1.76 bits per heavy atom. The molecule has 7 nitrogen and oxygen atoms in total. The van der Waals surface area contributed by atoms with Crippen LogP contribution in [0, 0.1) is 6.92 Å². The Kier molecular flexibility index (Phi) is 8.00. The van der Waals surface area contributed by atoms with Crippen molar-refractivity contribution in [3.05, 3.63) is 64.2 Å². The Bertz CT molecular complexity index is 1060. The second kappa shape index (κ2) is 10.6. The molecule has 0 aromatic heterocycles. The molecule has 182 valence electrons. The quantitative estimate of drug-likeness (QED) is 0.416. The van der Waals surface area contributed by atoms with E-state index in [1.807, 2.05) is 44.4 Å². The molecule has 2 aromatic carbocycles. The van der Waals surface area contributed by atoms with Gasteiger partial charge in [-0.25, -0.2) is 9.59 Å². The molecule has 2 aromatic rings. The topological polar surface area (TPSA) is 81.7 Å². The molecule has 1 saturated carbocycles. The summed E-state index contributed by atoms with van der Waals surface area (Å²) < 4.78 is 10.8. The minimum Gasteiger partial charge on any atom is -0.462 e. The van der Waals surface area contributed by atoms with Gasteiger partial charge in [0, 0.05) is 17.9 Å². The number of esters is 2. The number of carbonyl (C=O) groups excluding carboxylic acids is 3. The number of likely N-dealkylation sites (N-methyl/N-ethyl adjacent to an activating group) is 1. The van der Waals surface area contributed by atoms with Crippen molar-refractivity contribution in [3.8, 4) is 0 Å². The van der Waals surface area contributed by atoms with E-state index in [9.17, 15) is 14.4 Å². The first kappa shape index (κ1) is 25.7. The number of rotatable bonds is 9. The van der Waals surface area contributed by atoms with Crippen molar-refractivity contribution in [1.29, 1.82) is 0 Å². The molecule has 0 spiro atoms. The molecule has 1 N–H and O–H groups in total. The van der Waals surface area contributed by atoms with Gasteiger partial charge in [0.1, 0.15) is 6.61 Å². The summed E-state index contributed by atoms with van der Waals surface area (Å²) in [6.07, 6.45) is 2.12. The van der Waals surface area contributed by atoms with Crippen molar-refractivity contribution in [2.75, 3.05) is 32.6 Å². The smallest absolute Gasteiger partial charge is 0.362 e. The summed E-state index contributed by atoms with van der Waals surface area (Å²) in [5.74, 6) is -1.16. The summed E-state index contributed by atoms with van der Waals surface area (Å²) in [5, 5.41) is 3.34. The summed E-state index contributed by atoms with van der Waals surface area (Å²) in [7, 11) is 3.73. The van der Waals surface area contributed by atoms with Crippen LogP contribution in [-0.4, -0.2) is 55.1 Å². The summed E-state index contributed by atoms with van der Waals surface area (Å²) >= 11 is 6.16. The van der Waals surface area contributed by atoms with E-state index in [0.717, 1.165) is 12.0 Å². The minimum absolute atomic E-state index is 0.0462. The second-order valence-corrected chi connectivity index (χ2v) is 9.63. The number of carbonyl (C=O) groups is 3. The van der Waals surface area contributed by atoms with Gasteiger partial charge in [0.2, 0.25) is 0 Å². The average Bonchev–Trinajstić information content (AvgIpc) is 2.73. The zero-order chi connectivity index (χ0) is 24.9. The van der Waals surface area contributed by atoms with Crippen LogP contribution in [0.2, 0.25) is 5.02 Å². The van der Waals surface area contributed by atoms with E-state index in [2.05, 4.69) is 5.32 Å². The van der Waals surface area contributed by atoms with Crippen LogP contribution in [0.5, 0.6) is 0 Å². The zero-order valence-electron chi connectivity index (χ0n) is 20.2. The number of hydrogen-bond acceptors (Lipinski definition) is 5. The lowest BCUT2D eigenvalue weighted by atomic mass is 9.73. The molecule has 0 radical (unpaired) electrons. The molecule has 1 amide bonds. The predicted molar refractivity (Wildman–Crippen MR) is 131 cm³/mol. The molecule has 0 bridgehead atoms. The van der Waals surface area contributed by atoms with Gasteiger partial charge in [0.25, 0.3) is 5.91 Å². The van der Waals surface area contributed by atoms with Crippen LogP contribution in [0.25, 0.3) is 0 Å². The van der Waals surface area contributed by atoms with Gasteiger partial charge in [0.15, 0.2) is 12.1 Å². The maximum Gasteiger partial charge on any atom is 0.362 e. The van der Waals surface area contributed by atoms with Crippen LogP contribution in [0.4, 0.5) is 5.69 Å². The van der Waals surface area contributed by atoms with Crippen molar-refractivity contribution in [3.63, 3.8) is 0 Å². The van der Waals surface area contributed by atoms with Gasteiger partial charge in [0.05, 0.1) is 32.0 Å². The number of ether oxygens (including phenoxy) is 2. The zero-order valence-corrected chi connectivity index (χ0v) is 20.9. The fraction of sp³-hybridized carbons (Fsp3) is 0.423. The highest BCUT2D eigenvalue weighted by atomic mass is 35.5. The standard InChI is InChI=1S/C26H31ClN2O5/c1-5-33-24(31)21-15-20(27)14-18(2)23(21)28-25(32)26(12-9-13-26)29(3,4)16-22(30)34-17-19-10-7-6-8-11-19/h6-8,10-11,14-15H,5,9,12-13,16-17H2,1-4H3/p+1. The van der Waals surface area contributed by atoms with Crippen molar-refractivity contribution >= 4 is 35.1 Å². The first-order valence-corrected chi connectivity index (χ1v) is 11.8. The maximum atomic E-state index is 13.6. The van der Waals surface area contributed by atoms with Gasteiger partial charge in [-0.15, -0.1) is 0 Å². The molecule has 0 saturated heterocycles. The molecule has 1 aliphatic carbocycles. The number of benzene rings is 2. The van der Waals surface area contributed by atoms with Gasteiger partial charge in [-0.3, -0.25) is 4.79 Å². The number of anilines is 1. The second-order valence-electron chi connectivity index (χ2n) is 9.19. The molecular weight excluding hydrogens is 456 g/mol. The van der Waals surface area contributed by atoms with Crippen LogP contribution in [0.15, 0.2) is 42.5 Å². The van der Waals surface area contributed by atoms with Gasteiger partial charge >= 0.3 is 11.9 Å². The highest BCUT2D eigenvalue weighted by Gasteiger charge is 2.57. The van der Waals surface area contributed by atoms with Gasteiger partial charge in [-0.1, -0.05) is 41.9 Å². The van der Waals surface area contributed by atoms with E-state index >= 15 is 0 Å². The van der Waals surface area contributed by atoms with Crippen LogP contribution >= 0.6 is 11.6 Å². The Morgan fingerprint density at radius 1 is 1.09 bits per heavy atom. The normalized spacial score (nSPS) is 14.6. The molecule has 8 heteroatoms. The first-order valence-electron chi connectivity index (χ1n) is 11.4. The van der Waals surface area contributed by atoms with E-state index in [4.69, 9.17) is 21.1 Å². The van der Waals surface area contributed by atoms with E-state index in [0.29, 0.717) is 29.1 Å². The Morgan fingerprint density at radius 3 is 2.35 bits per heavy atom. The largest absolute Gasteiger partial charge is 0.462 e. The molecule has 0 heterocycles. The highest BCUT2D eigenvalue weighted by Crippen LogP contribution is 2.42. The van der Waals surface area contributed by atoms with Gasteiger partial charge in [-0.2, -0.15) is 0 Å². The Labute approximate surface area is 205 Å². The van der Waals surface area contributed by atoms with E-state index < -0.39 is 11.5 Å². The van der Waals surface area contributed by atoms with Gasteiger partial charge in [-0.05, 0) is 43.5 Å². The molecule has 0 atom stereocenters. The Balaban J connectivity index is 1.77. The summed E-state index contributed by atoms with van der Waals surface area (Å²) in [6.45, 7) is 3.93. The molecule has 1 aliphatic rings. The van der Waals surface area contributed by atoms with E-state index in [1.165, 1.54) is 6.07 Å². The highest BCUT2D eigenvalue weighted by molar-refractivity contribution is 6.31. The lowest BCUT2D eigenvalue weighted by molar-refractivity contribution is -0.931. The number of hydrogen-bond donors (Lipinski definition) is 1. The SMILES string of the molecule is CCOC(=O)c1cc(Cl)cc(C)c1NC(=O)C1([N+](C)(C)CC(=O)OCc2ccccc2)CCC1. The number of halogens is 1. The average molecular weight is 488 g/mol. The third-order valence-corrected chi connectivity index (χ3v) is 6.78. The van der Waals surface area contributed by atoms with Crippen LogP contribution in [0.3, 0.4) is 0 Å². The number of nitrogens with zero attached hydrogens (tertiary/aromatic N) is 1. The predicted octanol–water partition coefficient (Wildman–Crippen LogP) is 4.51. The molecule has 0 aliphatic heterocycles. The number of aryl methyl sites for hydroxylation is 1. The third kappa shape index (κ3) is 5.42. The molecule has 1 fully saturated rings. The third-order valence-electron chi connectivity index (χ3n) is 6.56. The molecular formula is C26H32ClN2O5+. The van der Waals surface area contributed by atoms with Crippen LogP contribution in [0.1, 0.15) is 47.7 Å². The van der Waals surface area contributed by atoms with E-state index in [1.54, 1.807) is 19.9 Å². The monoisotopic (exact) mass is 487 g/mol. The summed E-state index contributed by atoms with van der Waals surface area (Å²) in [5.41, 5.74) is 1.34. The van der Waals surface area contributed by atoms with Crippen molar-refractivity contribution in [2.24, 2.45) is 0 Å². The minimum atomic E-state index is -0.816. The number of amides is 1. The van der Waals surface area contributed by atoms with E-state index in [-0.39, 0.29) is 41.7 Å². The van der Waals surface area contributed by atoms with Crippen molar-refractivity contribution < 1.29 is 28.3 Å². The molecule has 3 rings (SSSR count). The lowest BCUT2D eigenvalue weighted by Gasteiger charge is -2.51. The van der Waals surface area contributed by atoms with Crippen LogP contribution in [-0.2, 0) is 25.7 Å². The van der Waals surface area contributed by atoms with Crippen molar-refractivity contribution in [1.82, 2.24) is 0 Å². The van der Waals surface area contributed by atoms with Crippen LogP contribution < -0.4 is 5.32 Å². The molecule has 0 unspecified atom stereocenters. The number of nitrogens with one attached hydrogen (secondary N) is 1. The fourth-order valence-electron chi connectivity index (χ4n) is 4.39. The lowest BCUT2D eigenvalue weighted by Crippen LogP contribution is -2.70.